The Morgan fingerprint density at radius 2 is 1.89 bits per heavy atom. The zero-order valence-corrected chi connectivity index (χ0v) is 11.7. The summed E-state index contributed by atoms with van der Waals surface area (Å²) in [5.74, 6) is -1.20. The van der Waals surface area contributed by atoms with Crippen LogP contribution in [0.4, 0.5) is 0 Å². The van der Waals surface area contributed by atoms with E-state index < -0.39 is 17.6 Å². The summed E-state index contributed by atoms with van der Waals surface area (Å²) in [6, 6.07) is -0.672. The second-order valence-corrected chi connectivity index (χ2v) is 6.37. The zero-order valence-electron chi connectivity index (χ0n) is 11.7. The summed E-state index contributed by atoms with van der Waals surface area (Å²) in [5.41, 5.74) is 4.48. The van der Waals surface area contributed by atoms with Crippen LogP contribution in [0.5, 0.6) is 0 Å². The molecule has 0 bridgehead atoms. The van der Waals surface area contributed by atoms with Crippen molar-refractivity contribution in [3.8, 4) is 0 Å². The molecule has 1 aliphatic heterocycles. The molecule has 0 aliphatic carbocycles. The number of carbonyl (C=O) groups excluding carboxylic acids is 1. The second kappa shape index (κ2) is 4.88. The third-order valence-electron chi connectivity index (χ3n) is 3.82. The fourth-order valence-electron chi connectivity index (χ4n) is 2.23. The Labute approximate surface area is 108 Å². The van der Waals surface area contributed by atoms with Crippen molar-refractivity contribution in [1.82, 2.24) is 4.90 Å². The number of hydrogen-bond acceptors (Lipinski definition) is 3. The molecular formula is C13H24N2O3. The molecule has 3 N–H and O–H groups in total. The number of carboxylic acids is 1. The Kier molecular flexibility index (Phi) is 4.05. The molecule has 0 aromatic carbocycles. The smallest absolute Gasteiger partial charge is 0.329 e. The van der Waals surface area contributed by atoms with Gasteiger partial charge in [0.15, 0.2) is 0 Å². The summed E-state index contributed by atoms with van der Waals surface area (Å²) in [6.45, 7) is 7.75. The lowest BCUT2D eigenvalue weighted by Crippen LogP contribution is -2.62. The summed E-state index contributed by atoms with van der Waals surface area (Å²) in [7, 11) is 0. The van der Waals surface area contributed by atoms with Crippen molar-refractivity contribution in [2.75, 3.05) is 6.54 Å². The molecule has 0 saturated carbocycles. The summed E-state index contributed by atoms with van der Waals surface area (Å²) < 4.78 is 0. The first kappa shape index (κ1) is 15.0. The number of aliphatic carboxylic acids is 1. The number of nitrogens with two attached hydrogens (primary N) is 1. The predicted molar refractivity (Wildman–Crippen MR) is 69.0 cm³/mol. The molecule has 0 spiro atoms. The van der Waals surface area contributed by atoms with Crippen LogP contribution in [0.25, 0.3) is 0 Å². The van der Waals surface area contributed by atoms with Crippen molar-refractivity contribution >= 4 is 11.9 Å². The summed E-state index contributed by atoms with van der Waals surface area (Å²) >= 11 is 0. The van der Waals surface area contributed by atoms with E-state index in [1.54, 1.807) is 6.92 Å². The molecule has 2 atom stereocenters. The minimum Gasteiger partial charge on any atom is -0.480 e. The third-order valence-corrected chi connectivity index (χ3v) is 3.82. The first-order valence-corrected chi connectivity index (χ1v) is 6.41. The van der Waals surface area contributed by atoms with E-state index in [2.05, 4.69) is 0 Å². The molecule has 5 nitrogen and oxygen atoms in total. The molecule has 0 aromatic heterocycles. The maximum Gasteiger partial charge on any atom is 0.329 e. The van der Waals surface area contributed by atoms with Gasteiger partial charge in [-0.1, -0.05) is 20.8 Å². The third kappa shape index (κ3) is 2.66. The Balaban J connectivity index is 2.98. The molecular weight excluding hydrogens is 232 g/mol. The number of amides is 1. The molecule has 1 heterocycles. The molecule has 18 heavy (non-hydrogen) atoms. The van der Waals surface area contributed by atoms with Gasteiger partial charge in [-0.15, -0.1) is 0 Å². The van der Waals surface area contributed by atoms with Gasteiger partial charge in [-0.2, -0.15) is 0 Å². The van der Waals surface area contributed by atoms with Crippen LogP contribution >= 0.6 is 0 Å². The van der Waals surface area contributed by atoms with Gasteiger partial charge in [0, 0.05) is 6.54 Å². The number of nitrogens with zero attached hydrogens (tertiary/aromatic N) is 1. The highest BCUT2D eigenvalue weighted by Gasteiger charge is 2.46. The zero-order chi connectivity index (χ0) is 14.1. The van der Waals surface area contributed by atoms with Gasteiger partial charge < -0.3 is 15.7 Å². The van der Waals surface area contributed by atoms with Crippen LogP contribution < -0.4 is 5.73 Å². The van der Waals surface area contributed by atoms with Crippen molar-refractivity contribution in [2.24, 2.45) is 11.1 Å². The van der Waals surface area contributed by atoms with Gasteiger partial charge in [-0.05, 0) is 31.6 Å². The highest BCUT2D eigenvalue weighted by Crippen LogP contribution is 2.30. The van der Waals surface area contributed by atoms with Crippen molar-refractivity contribution in [2.45, 2.75) is 58.5 Å². The number of hydrogen-bond donors (Lipinski definition) is 2. The van der Waals surface area contributed by atoms with Crippen LogP contribution in [0.1, 0.15) is 47.0 Å². The molecule has 104 valence electrons. The molecule has 1 fully saturated rings. The first-order valence-electron chi connectivity index (χ1n) is 6.41. The van der Waals surface area contributed by atoms with E-state index in [1.165, 1.54) is 4.90 Å². The van der Waals surface area contributed by atoms with Gasteiger partial charge >= 0.3 is 5.97 Å². The fraction of sp³-hybridized carbons (Fsp3) is 0.846. The lowest BCUT2D eigenvalue weighted by Gasteiger charge is -2.44. The molecule has 1 rings (SSSR count). The van der Waals surface area contributed by atoms with E-state index in [-0.39, 0.29) is 11.3 Å². The van der Waals surface area contributed by atoms with Crippen LogP contribution in [0.15, 0.2) is 0 Å². The van der Waals surface area contributed by atoms with Gasteiger partial charge in [-0.25, -0.2) is 4.79 Å². The molecule has 1 unspecified atom stereocenters. The van der Waals surface area contributed by atoms with Crippen molar-refractivity contribution in [1.29, 1.82) is 0 Å². The van der Waals surface area contributed by atoms with Crippen molar-refractivity contribution in [3.63, 3.8) is 0 Å². The molecule has 1 aliphatic rings. The summed E-state index contributed by atoms with van der Waals surface area (Å²) in [6.07, 6.45) is 2.16. The monoisotopic (exact) mass is 256 g/mol. The predicted octanol–water partition coefficient (Wildman–Crippen LogP) is 1.22. The lowest BCUT2D eigenvalue weighted by atomic mass is 9.83. The van der Waals surface area contributed by atoms with E-state index in [0.717, 1.165) is 12.8 Å². The van der Waals surface area contributed by atoms with E-state index in [0.29, 0.717) is 13.0 Å². The largest absolute Gasteiger partial charge is 0.480 e. The standard InChI is InChI=1S/C13H24N2O3/c1-12(2,3)9(14)10(16)15-8-6-5-7-13(15,4)11(17)18/h9H,5-8,14H2,1-4H3,(H,17,18)/t9-,13?/m0/s1. The van der Waals surface area contributed by atoms with Crippen LogP contribution in [-0.4, -0.2) is 40.0 Å². The molecule has 0 aromatic rings. The number of rotatable bonds is 2. The number of carboxylic acid groups (broad SMARTS) is 1. The number of likely N-dealkylation sites (tertiary alicyclic amines) is 1. The highest BCUT2D eigenvalue weighted by molar-refractivity contribution is 5.90. The van der Waals surface area contributed by atoms with Gasteiger partial charge in [0.2, 0.25) is 5.91 Å². The van der Waals surface area contributed by atoms with Gasteiger partial charge in [0.1, 0.15) is 5.54 Å². The van der Waals surface area contributed by atoms with Gasteiger partial charge in [-0.3, -0.25) is 4.79 Å². The highest BCUT2D eigenvalue weighted by atomic mass is 16.4. The maximum absolute atomic E-state index is 12.4. The minimum absolute atomic E-state index is 0.257. The van der Waals surface area contributed by atoms with Crippen LogP contribution in [-0.2, 0) is 9.59 Å². The first-order chi connectivity index (χ1) is 8.10. The second-order valence-electron chi connectivity index (χ2n) is 6.37. The Morgan fingerprint density at radius 1 is 1.33 bits per heavy atom. The van der Waals surface area contributed by atoms with E-state index in [4.69, 9.17) is 5.73 Å². The normalized spacial score (nSPS) is 26.8. The van der Waals surface area contributed by atoms with Gasteiger partial charge in [0.05, 0.1) is 6.04 Å². The minimum atomic E-state index is -1.11. The van der Waals surface area contributed by atoms with Crippen LogP contribution in [0.2, 0.25) is 0 Å². The molecule has 1 amide bonds. The lowest BCUT2D eigenvalue weighted by molar-refractivity contribution is -0.162. The van der Waals surface area contributed by atoms with Crippen LogP contribution in [0.3, 0.4) is 0 Å². The maximum atomic E-state index is 12.4. The van der Waals surface area contributed by atoms with E-state index >= 15 is 0 Å². The average Bonchev–Trinajstić information content (AvgIpc) is 2.26. The van der Waals surface area contributed by atoms with Crippen LogP contribution in [0, 0.1) is 5.41 Å². The summed E-state index contributed by atoms with van der Waals surface area (Å²) in [5, 5.41) is 9.37. The Bertz CT molecular complexity index is 349. The van der Waals surface area contributed by atoms with Crippen molar-refractivity contribution in [3.05, 3.63) is 0 Å². The number of carbonyl (C=O) groups is 2. The number of piperidine rings is 1. The molecule has 0 radical (unpaired) electrons. The fourth-order valence-corrected chi connectivity index (χ4v) is 2.23. The van der Waals surface area contributed by atoms with E-state index in [1.807, 2.05) is 20.8 Å². The average molecular weight is 256 g/mol. The van der Waals surface area contributed by atoms with Crippen molar-refractivity contribution < 1.29 is 14.7 Å². The molecule has 5 heteroatoms. The molecule has 1 saturated heterocycles. The SMILES string of the molecule is CC(C)(C)[C@@H](N)C(=O)N1CCCCC1(C)C(=O)O. The Hall–Kier alpha value is -1.10. The summed E-state index contributed by atoms with van der Waals surface area (Å²) in [4.78, 5) is 25.3. The Morgan fingerprint density at radius 3 is 2.33 bits per heavy atom. The van der Waals surface area contributed by atoms with Gasteiger partial charge in [0.25, 0.3) is 0 Å². The van der Waals surface area contributed by atoms with E-state index in [9.17, 15) is 14.7 Å². The topological polar surface area (TPSA) is 83.6 Å². The quantitative estimate of drug-likeness (QED) is 0.778.